The van der Waals surface area contributed by atoms with Crippen molar-refractivity contribution in [1.29, 1.82) is 0 Å². The van der Waals surface area contributed by atoms with Crippen molar-refractivity contribution in [3.8, 4) is 11.3 Å². The summed E-state index contributed by atoms with van der Waals surface area (Å²) in [5.41, 5.74) is 0.196. The molecule has 0 N–H and O–H groups in total. The summed E-state index contributed by atoms with van der Waals surface area (Å²) in [4.78, 5) is 53.4. The van der Waals surface area contributed by atoms with E-state index in [9.17, 15) is 19.2 Å². The van der Waals surface area contributed by atoms with Crippen molar-refractivity contribution in [2.75, 3.05) is 6.61 Å². The van der Waals surface area contributed by atoms with Crippen LogP contribution in [0.4, 0.5) is 0 Å². The molecule has 4 rings (SSSR count). The summed E-state index contributed by atoms with van der Waals surface area (Å²) in [7, 11) is 0. The van der Waals surface area contributed by atoms with Gasteiger partial charge in [-0.15, -0.1) is 0 Å². The Morgan fingerprint density at radius 3 is 2.00 bits per heavy atom. The molecule has 0 amide bonds. The summed E-state index contributed by atoms with van der Waals surface area (Å²) in [6.45, 7) is 3.93. The number of nitrogens with zero attached hydrogens (tertiary/aromatic N) is 1. The lowest BCUT2D eigenvalue weighted by atomic mass is 9.81. The molecule has 0 fully saturated rings. The Morgan fingerprint density at radius 1 is 0.839 bits per heavy atom. The molecule has 1 aromatic heterocycles. The standard InChI is InChI=1S/C25H21NO5/c1-3-14-26-21(15-10-6-5-7-11-15)19(25(30)31-4-2)18-20(24(26)29)23(28)17-13-9-8-12-16(17)22(18)27/h5-13H,3-4,14H2,1-2H3. The van der Waals surface area contributed by atoms with E-state index in [1.807, 2.05) is 13.0 Å². The number of carbonyl (C=O) groups is 3. The number of hydrogen-bond donors (Lipinski definition) is 0. The fraction of sp³-hybridized carbons (Fsp3) is 0.200. The second kappa shape index (κ2) is 8.14. The van der Waals surface area contributed by atoms with Gasteiger partial charge in [-0.05, 0) is 18.9 Å². The van der Waals surface area contributed by atoms with E-state index in [2.05, 4.69) is 0 Å². The first-order valence-electron chi connectivity index (χ1n) is 10.2. The van der Waals surface area contributed by atoms with E-state index < -0.39 is 23.1 Å². The number of hydrogen-bond acceptors (Lipinski definition) is 5. The third-order valence-corrected chi connectivity index (χ3v) is 5.31. The van der Waals surface area contributed by atoms with Gasteiger partial charge in [0.2, 0.25) is 0 Å². The lowest BCUT2D eigenvalue weighted by Gasteiger charge is -2.24. The molecule has 0 spiro atoms. The van der Waals surface area contributed by atoms with Gasteiger partial charge in [-0.1, -0.05) is 61.5 Å². The maximum Gasteiger partial charge on any atom is 0.341 e. The van der Waals surface area contributed by atoms with Crippen LogP contribution in [0.2, 0.25) is 0 Å². The van der Waals surface area contributed by atoms with Gasteiger partial charge in [-0.25, -0.2) is 4.79 Å². The zero-order valence-electron chi connectivity index (χ0n) is 17.3. The zero-order chi connectivity index (χ0) is 22.1. The first kappa shape index (κ1) is 20.5. The van der Waals surface area contributed by atoms with Crippen molar-refractivity contribution >= 4 is 17.5 Å². The van der Waals surface area contributed by atoms with Crippen molar-refractivity contribution in [2.24, 2.45) is 0 Å². The van der Waals surface area contributed by atoms with Crippen LogP contribution in [0.15, 0.2) is 59.4 Å². The van der Waals surface area contributed by atoms with Crippen LogP contribution in [0, 0.1) is 0 Å². The van der Waals surface area contributed by atoms with Crippen LogP contribution >= 0.6 is 0 Å². The Kier molecular flexibility index (Phi) is 5.38. The number of ketones is 2. The summed E-state index contributed by atoms with van der Waals surface area (Å²) in [6, 6.07) is 15.3. The van der Waals surface area contributed by atoms with Crippen molar-refractivity contribution in [3.05, 3.63) is 92.8 Å². The van der Waals surface area contributed by atoms with Gasteiger partial charge in [0.15, 0.2) is 11.6 Å². The van der Waals surface area contributed by atoms with Gasteiger partial charge in [-0.2, -0.15) is 0 Å². The van der Waals surface area contributed by atoms with Gasteiger partial charge in [0.05, 0.1) is 23.4 Å². The normalized spacial score (nSPS) is 12.3. The number of fused-ring (bicyclic) bond motifs is 2. The molecule has 2 aromatic carbocycles. The summed E-state index contributed by atoms with van der Waals surface area (Å²) in [5.74, 6) is -1.81. The Hall–Kier alpha value is -3.80. The molecule has 1 heterocycles. The Bertz CT molecular complexity index is 1270. The van der Waals surface area contributed by atoms with Gasteiger partial charge in [0.25, 0.3) is 5.56 Å². The van der Waals surface area contributed by atoms with Crippen LogP contribution in [0.3, 0.4) is 0 Å². The van der Waals surface area contributed by atoms with Gasteiger partial charge in [0, 0.05) is 17.7 Å². The number of esters is 1. The third-order valence-electron chi connectivity index (χ3n) is 5.31. The Balaban J connectivity index is 2.19. The van der Waals surface area contributed by atoms with Crippen LogP contribution in [0.25, 0.3) is 11.3 Å². The van der Waals surface area contributed by atoms with E-state index in [1.54, 1.807) is 43.3 Å². The number of aromatic nitrogens is 1. The molecule has 1 aliphatic rings. The number of pyridine rings is 1. The van der Waals surface area contributed by atoms with Gasteiger partial charge in [-0.3, -0.25) is 14.4 Å². The van der Waals surface area contributed by atoms with E-state index in [0.717, 1.165) is 0 Å². The topological polar surface area (TPSA) is 82.4 Å². The quantitative estimate of drug-likeness (QED) is 0.462. The molecular formula is C25H21NO5. The predicted octanol–water partition coefficient (Wildman–Crippen LogP) is 3.88. The molecule has 1 aliphatic carbocycles. The summed E-state index contributed by atoms with van der Waals surface area (Å²) < 4.78 is 6.70. The maximum absolute atomic E-state index is 13.5. The fourth-order valence-corrected chi connectivity index (χ4v) is 4.04. The summed E-state index contributed by atoms with van der Waals surface area (Å²) in [6.07, 6.45) is 0.597. The molecular weight excluding hydrogens is 394 g/mol. The molecule has 0 radical (unpaired) electrons. The van der Waals surface area contributed by atoms with E-state index in [0.29, 0.717) is 17.7 Å². The lowest BCUT2D eigenvalue weighted by molar-refractivity contribution is 0.0523. The minimum absolute atomic E-state index is 0.0380. The molecule has 0 aliphatic heterocycles. The average Bonchev–Trinajstić information content (AvgIpc) is 2.79. The van der Waals surface area contributed by atoms with Crippen LogP contribution in [0.5, 0.6) is 0 Å². The first-order chi connectivity index (χ1) is 15.0. The molecule has 156 valence electrons. The molecule has 6 heteroatoms. The molecule has 0 bridgehead atoms. The molecule has 0 saturated carbocycles. The molecule has 0 atom stereocenters. The highest BCUT2D eigenvalue weighted by Gasteiger charge is 2.39. The van der Waals surface area contributed by atoms with E-state index in [4.69, 9.17) is 4.74 Å². The van der Waals surface area contributed by atoms with Gasteiger partial charge >= 0.3 is 5.97 Å². The molecule has 31 heavy (non-hydrogen) atoms. The van der Waals surface area contributed by atoms with Gasteiger partial charge in [0.1, 0.15) is 5.56 Å². The van der Waals surface area contributed by atoms with E-state index >= 15 is 0 Å². The molecule has 0 unspecified atom stereocenters. The highest BCUT2D eigenvalue weighted by molar-refractivity contribution is 6.31. The highest BCUT2D eigenvalue weighted by Crippen LogP contribution is 2.34. The van der Waals surface area contributed by atoms with Crippen molar-refractivity contribution in [2.45, 2.75) is 26.8 Å². The van der Waals surface area contributed by atoms with Crippen LogP contribution in [0.1, 0.15) is 62.5 Å². The fourth-order valence-electron chi connectivity index (χ4n) is 4.04. The monoisotopic (exact) mass is 415 g/mol. The maximum atomic E-state index is 13.5. The van der Waals surface area contributed by atoms with E-state index in [-0.39, 0.29) is 41.0 Å². The molecule has 6 nitrogen and oxygen atoms in total. The minimum Gasteiger partial charge on any atom is -0.462 e. The lowest BCUT2D eigenvalue weighted by Crippen LogP contribution is -2.37. The molecule has 3 aromatic rings. The average molecular weight is 415 g/mol. The largest absolute Gasteiger partial charge is 0.462 e. The van der Waals surface area contributed by atoms with Crippen LogP contribution in [-0.4, -0.2) is 28.7 Å². The van der Waals surface area contributed by atoms with Crippen LogP contribution < -0.4 is 5.56 Å². The second-order valence-electron chi connectivity index (χ2n) is 7.22. The highest BCUT2D eigenvalue weighted by atomic mass is 16.5. The zero-order valence-corrected chi connectivity index (χ0v) is 17.3. The van der Waals surface area contributed by atoms with Crippen molar-refractivity contribution in [3.63, 3.8) is 0 Å². The predicted molar refractivity (Wildman–Crippen MR) is 116 cm³/mol. The SMILES string of the molecule is CCCn1c(-c2ccccc2)c(C(=O)OCC)c2c(c1=O)C(=O)c1ccccc1C2=O. The Morgan fingerprint density at radius 2 is 1.42 bits per heavy atom. The Labute approximate surface area is 179 Å². The number of rotatable bonds is 5. The van der Waals surface area contributed by atoms with Crippen LogP contribution in [-0.2, 0) is 11.3 Å². The van der Waals surface area contributed by atoms with E-state index in [1.165, 1.54) is 16.7 Å². The number of benzene rings is 2. The second-order valence-corrected chi connectivity index (χ2v) is 7.22. The third kappa shape index (κ3) is 3.20. The van der Waals surface area contributed by atoms with Crippen molar-refractivity contribution in [1.82, 2.24) is 4.57 Å². The van der Waals surface area contributed by atoms with Gasteiger partial charge < -0.3 is 9.30 Å². The molecule has 0 saturated heterocycles. The summed E-state index contributed by atoms with van der Waals surface area (Å²) in [5, 5.41) is 0. The smallest absolute Gasteiger partial charge is 0.341 e. The minimum atomic E-state index is -0.733. The first-order valence-corrected chi connectivity index (χ1v) is 10.2. The van der Waals surface area contributed by atoms with Crippen molar-refractivity contribution < 1.29 is 19.1 Å². The summed E-state index contributed by atoms with van der Waals surface area (Å²) >= 11 is 0. The number of carbonyl (C=O) groups excluding carboxylic acids is 3. The number of ether oxygens (including phenoxy) is 1.